The average Bonchev–Trinajstić information content (AvgIpc) is 3.41. The summed E-state index contributed by atoms with van der Waals surface area (Å²) in [6.45, 7) is 6.79. The van der Waals surface area contributed by atoms with E-state index in [-0.39, 0.29) is 5.92 Å². The van der Waals surface area contributed by atoms with E-state index in [0.717, 1.165) is 69.6 Å². The second-order valence-electron chi connectivity index (χ2n) is 9.15. The van der Waals surface area contributed by atoms with Gasteiger partial charge in [-0.2, -0.15) is 0 Å². The quantitative estimate of drug-likeness (QED) is 0.375. The fourth-order valence-corrected chi connectivity index (χ4v) is 5.84. The van der Waals surface area contributed by atoms with E-state index < -0.39 is 14.4 Å². The molecular weight excluding hydrogens is 372 g/mol. The van der Waals surface area contributed by atoms with Crippen molar-refractivity contribution >= 4 is 35.2 Å². The summed E-state index contributed by atoms with van der Waals surface area (Å²) < 4.78 is 24.4. The zero-order valence-corrected chi connectivity index (χ0v) is 18.3. The van der Waals surface area contributed by atoms with Gasteiger partial charge in [0.25, 0.3) is 0 Å². The van der Waals surface area contributed by atoms with Crippen LogP contribution in [0.25, 0.3) is 33.2 Å². The molecule has 5 rings (SSSR count). The lowest BCUT2D eigenvalue weighted by Crippen LogP contribution is -2.41. The number of benzene rings is 1. The smallest absolute Gasteiger partial charge is 0.147 e. The summed E-state index contributed by atoms with van der Waals surface area (Å²) in [5.74, 6) is 0.0676. The maximum absolute atomic E-state index is 9.12. The third kappa shape index (κ3) is 3.40. The molecule has 0 amide bonds. The molecule has 1 aromatic carbocycles. The highest BCUT2D eigenvalue weighted by Crippen LogP contribution is 2.35. The van der Waals surface area contributed by atoms with E-state index in [1.54, 1.807) is 6.20 Å². The van der Waals surface area contributed by atoms with Crippen LogP contribution in [0.15, 0.2) is 53.3 Å². The van der Waals surface area contributed by atoms with Crippen LogP contribution in [0.2, 0.25) is 19.6 Å². The molecule has 1 aliphatic carbocycles. The van der Waals surface area contributed by atoms with Gasteiger partial charge in [0.05, 0.1) is 19.3 Å². The van der Waals surface area contributed by atoms with Gasteiger partial charge in [0.15, 0.2) is 0 Å². The Bertz CT molecular complexity index is 1270. The number of hydrogen-bond acceptors (Lipinski definition) is 3. The molecule has 0 N–H and O–H groups in total. The Morgan fingerprint density at radius 2 is 1.86 bits per heavy atom. The molecule has 4 aromatic rings. The molecule has 1 aliphatic rings. The number of furan rings is 1. The summed E-state index contributed by atoms with van der Waals surface area (Å²) in [4.78, 5) is 9.27. The van der Waals surface area contributed by atoms with Gasteiger partial charge in [-0.1, -0.05) is 63.5 Å². The monoisotopic (exact) mass is 402 g/mol. The summed E-state index contributed by atoms with van der Waals surface area (Å²) in [7, 11) is -1.78. The molecule has 0 atom stereocenters. The van der Waals surface area contributed by atoms with Crippen molar-refractivity contribution in [3.8, 4) is 11.3 Å². The van der Waals surface area contributed by atoms with E-state index in [4.69, 9.17) is 12.1 Å². The summed E-state index contributed by atoms with van der Waals surface area (Å²) >= 11 is 0. The number of aromatic nitrogens is 2. The fraction of sp³-hybridized carbons (Fsp3) is 0.360. The molecule has 3 nitrogen and oxygen atoms in total. The van der Waals surface area contributed by atoms with Gasteiger partial charge in [-0.15, -0.1) is 0 Å². The first kappa shape index (κ1) is 16.3. The van der Waals surface area contributed by atoms with Crippen LogP contribution in [0.4, 0.5) is 0 Å². The van der Waals surface area contributed by atoms with Crippen molar-refractivity contribution in [2.45, 2.75) is 51.7 Å². The summed E-state index contributed by atoms with van der Waals surface area (Å²) in [5.41, 5.74) is 3.95. The number of fused-ring (bicyclic) bond motifs is 3. The van der Waals surface area contributed by atoms with Crippen molar-refractivity contribution in [3.63, 3.8) is 0 Å². The maximum Gasteiger partial charge on any atom is 0.147 e. The predicted octanol–water partition coefficient (Wildman–Crippen LogP) is 6.32. The molecule has 0 radical (unpaired) electrons. The zero-order valence-electron chi connectivity index (χ0n) is 19.3. The molecule has 4 heteroatoms. The third-order valence-electron chi connectivity index (χ3n) is 5.99. The fourth-order valence-electron chi connectivity index (χ4n) is 4.43. The Morgan fingerprint density at radius 1 is 1.07 bits per heavy atom. The predicted molar refractivity (Wildman–Crippen MR) is 123 cm³/mol. The summed E-state index contributed by atoms with van der Waals surface area (Å²) in [6.07, 6.45) is 8.33. The second kappa shape index (κ2) is 7.10. The molecule has 0 bridgehead atoms. The first-order chi connectivity index (χ1) is 14.8. The van der Waals surface area contributed by atoms with Crippen molar-refractivity contribution < 1.29 is 7.16 Å². The van der Waals surface area contributed by atoms with Gasteiger partial charge in [-0.3, -0.25) is 9.97 Å². The first-order valence-corrected chi connectivity index (χ1v) is 14.0. The average molecular weight is 403 g/mol. The van der Waals surface area contributed by atoms with Crippen molar-refractivity contribution in [1.29, 1.82) is 0 Å². The van der Waals surface area contributed by atoms with Crippen LogP contribution in [0.3, 0.4) is 0 Å². The molecule has 0 spiro atoms. The van der Waals surface area contributed by atoms with Gasteiger partial charge in [-0.25, -0.2) is 0 Å². The lowest BCUT2D eigenvalue weighted by molar-refractivity contribution is 0.547. The van der Waals surface area contributed by atoms with Gasteiger partial charge >= 0.3 is 0 Å². The number of hydrogen-bond donors (Lipinski definition) is 0. The zero-order chi connectivity index (χ0) is 21.8. The van der Waals surface area contributed by atoms with Crippen molar-refractivity contribution in [2.24, 2.45) is 5.92 Å². The van der Waals surface area contributed by atoms with Crippen molar-refractivity contribution in [3.05, 3.63) is 54.5 Å². The van der Waals surface area contributed by atoms with E-state index in [1.807, 2.05) is 42.7 Å². The van der Waals surface area contributed by atoms with E-state index in [1.165, 1.54) is 0 Å². The second-order valence-corrected chi connectivity index (χ2v) is 14.2. The van der Waals surface area contributed by atoms with Crippen LogP contribution in [0.1, 0.15) is 34.0 Å². The highest BCUT2D eigenvalue weighted by Gasteiger charge is 2.25. The lowest BCUT2D eigenvalue weighted by Gasteiger charge is -2.23. The molecule has 29 heavy (non-hydrogen) atoms. The SMILES string of the molecule is [2H]C([2H])(c1cc(-c2cncc3c2oc2ccccc23)ncc1[Si](C)(C)C)C1CCCC1. The topological polar surface area (TPSA) is 38.9 Å². The van der Waals surface area contributed by atoms with Gasteiger partial charge < -0.3 is 4.42 Å². The Labute approximate surface area is 176 Å². The Hall–Kier alpha value is -2.46. The van der Waals surface area contributed by atoms with Gasteiger partial charge in [0.2, 0.25) is 0 Å². The number of pyridine rings is 2. The number of para-hydroxylation sites is 1. The van der Waals surface area contributed by atoms with E-state index >= 15 is 0 Å². The minimum Gasteiger partial charge on any atom is -0.455 e. The molecule has 148 valence electrons. The Morgan fingerprint density at radius 3 is 2.66 bits per heavy atom. The summed E-state index contributed by atoms with van der Waals surface area (Å²) in [6, 6.07) is 9.95. The highest BCUT2D eigenvalue weighted by atomic mass is 28.3. The maximum atomic E-state index is 9.12. The first-order valence-electron chi connectivity index (χ1n) is 11.5. The van der Waals surface area contributed by atoms with Gasteiger partial charge in [-0.05, 0) is 35.2 Å². The van der Waals surface area contributed by atoms with Crippen LogP contribution >= 0.6 is 0 Å². The molecule has 1 fully saturated rings. The highest BCUT2D eigenvalue weighted by molar-refractivity contribution is 6.89. The van der Waals surface area contributed by atoms with Crippen LogP contribution in [0, 0.1) is 5.92 Å². The molecule has 0 unspecified atom stereocenters. The van der Waals surface area contributed by atoms with Crippen LogP contribution in [0.5, 0.6) is 0 Å². The Kier molecular flexibility index (Phi) is 4.00. The minimum atomic E-state index is -1.78. The Balaban J connectivity index is 1.73. The minimum absolute atomic E-state index is 0.0676. The standard InChI is InChI=1S/C25H28N2OSi/c1-29(2,3)24-16-27-22(13-18(24)12-17-8-4-5-9-17)21-15-26-14-20-19-10-6-7-11-23(19)28-25(20)21/h6-7,10-11,13-17H,4-5,8-9,12H2,1-3H3/i12D2. The van der Waals surface area contributed by atoms with E-state index in [2.05, 4.69) is 24.6 Å². The van der Waals surface area contributed by atoms with Crippen LogP contribution in [-0.2, 0) is 6.37 Å². The van der Waals surface area contributed by atoms with Crippen LogP contribution in [-0.4, -0.2) is 18.0 Å². The van der Waals surface area contributed by atoms with E-state index in [9.17, 15) is 0 Å². The molecule has 0 aliphatic heterocycles. The largest absolute Gasteiger partial charge is 0.455 e. The van der Waals surface area contributed by atoms with E-state index in [0.29, 0.717) is 0 Å². The molecule has 3 heterocycles. The molecule has 1 saturated carbocycles. The molecular formula is C25H28N2OSi. The van der Waals surface area contributed by atoms with Gasteiger partial charge in [0, 0.05) is 32.1 Å². The molecule has 3 aromatic heterocycles. The summed E-state index contributed by atoms with van der Waals surface area (Å²) in [5, 5.41) is 3.11. The van der Waals surface area contributed by atoms with Crippen molar-refractivity contribution in [1.82, 2.24) is 9.97 Å². The number of nitrogens with zero attached hydrogens (tertiary/aromatic N) is 2. The molecule has 0 saturated heterocycles. The normalized spacial score (nSPS) is 17.1. The lowest BCUT2D eigenvalue weighted by atomic mass is 9.97. The van der Waals surface area contributed by atoms with Crippen LogP contribution < -0.4 is 5.19 Å². The van der Waals surface area contributed by atoms with Crippen molar-refractivity contribution in [2.75, 3.05) is 0 Å². The van der Waals surface area contributed by atoms with Gasteiger partial charge in [0.1, 0.15) is 11.2 Å². The number of rotatable bonds is 4. The third-order valence-corrected chi connectivity index (χ3v) is 8.00.